The topological polar surface area (TPSA) is 80.3 Å². The number of pyridine rings is 1. The lowest BCUT2D eigenvalue weighted by Crippen LogP contribution is -2.40. The van der Waals surface area contributed by atoms with Crippen molar-refractivity contribution in [1.82, 2.24) is 10.3 Å². The Hall–Kier alpha value is -3.03. The first-order chi connectivity index (χ1) is 12.7. The number of rotatable bonds is 6. The minimum absolute atomic E-state index is 0.0817. The average Bonchev–Trinajstić information content (AvgIpc) is 2.59. The van der Waals surface area contributed by atoms with Crippen molar-refractivity contribution < 1.29 is 23.1 Å². The third-order valence-electron chi connectivity index (χ3n) is 3.26. The van der Waals surface area contributed by atoms with Crippen molar-refractivity contribution in [1.29, 1.82) is 0 Å². The molecule has 0 radical (unpaired) electrons. The van der Waals surface area contributed by atoms with Crippen LogP contribution in [0.15, 0.2) is 42.6 Å². The predicted molar refractivity (Wildman–Crippen MR) is 97.4 cm³/mol. The number of benzene rings is 1. The maximum Gasteiger partial charge on any atom is 0.272 e. The van der Waals surface area contributed by atoms with Crippen LogP contribution in [-0.4, -0.2) is 35.4 Å². The molecule has 27 heavy (non-hydrogen) atoms. The molecule has 0 aliphatic heterocycles. The second-order valence-electron chi connectivity index (χ2n) is 6.79. The van der Waals surface area contributed by atoms with Gasteiger partial charge in [0.05, 0.1) is 11.3 Å². The zero-order valence-corrected chi connectivity index (χ0v) is 15.3. The second-order valence-corrected chi connectivity index (χ2v) is 6.79. The van der Waals surface area contributed by atoms with Gasteiger partial charge in [0.1, 0.15) is 0 Å². The Kier molecular flexibility index (Phi) is 6.44. The van der Waals surface area contributed by atoms with Crippen LogP contribution in [0.2, 0.25) is 0 Å². The molecule has 0 fully saturated rings. The Morgan fingerprint density at radius 2 is 1.85 bits per heavy atom. The first kappa shape index (κ1) is 20.3. The van der Waals surface area contributed by atoms with Crippen LogP contribution in [0.4, 0.5) is 14.5 Å². The van der Waals surface area contributed by atoms with E-state index < -0.39 is 24.5 Å². The number of para-hydroxylation sites is 1. The fraction of sp³-hybridized carbons (Fsp3) is 0.316. The van der Waals surface area contributed by atoms with Crippen molar-refractivity contribution in [3.8, 4) is 5.88 Å². The van der Waals surface area contributed by atoms with Crippen LogP contribution >= 0.6 is 0 Å². The summed E-state index contributed by atoms with van der Waals surface area (Å²) in [5, 5.41) is 5.49. The van der Waals surface area contributed by atoms with Crippen molar-refractivity contribution >= 4 is 17.5 Å². The Bertz CT molecular complexity index is 820. The van der Waals surface area contributed by atoms with Crippen LogP contribution in [0.25, 0.3) is 0 Å². The molecule has 1 aromatic heterocycles. The molecule has 2 amide bonds. The molecule has 2 rings (SSSR count). The van der Waals surface area contributed by atoms with Crippen molar-refractivity contribution in [2.45, 2.75) is 32.7 Å². The lowest BCUT2D eigenvalue weighted by atomic mass is 10.1. The van der Waals surface area contributed by atoms with E-state index in [-0.39, 0.29) is 17.4 Å². The van der Waals surface area contributed by atoms with Crippen LogP contribution in [-0.2, 0) is 0 Å². The summed E-state index contributed by atoms with van der Waals surface area (Å²) in [6, 6.07) is 9.26. The number of nitrogens with zero attached hydrogens (tertiary/aromatic N) is 1. The van der Waals surface area contributed by atoms with Crippen molar-refractivity contribution in [3.05, 3.63) is 53.7 Å². The maximum atomic E-state index is 12.5. The number of amides is 2. The molecule has 8 heteroatoms. The summed E-state index contributed by atoms with van der Waals surface area (Å²) in [5.74, 6) is -0.925. The number of alkyl halides is 2. The number of carbonyl (C=O) groups excluding carboxylic acids is 2. The quantitative estimate of drug-likeness (QED) is 0.807. The molecule has 0 atom stereocenters. The zero-order valence-electron chi connectivity index (χ0n) is 15.3. The van der Waals surface area contributed by atoms with Gasteiger partial charge in [-0.3, -0.25) is 9.59 Å². The zero-order chi connectivity index (χ0) is 20.0. The molecule has 0 saturated carbocycles. The van der Waals surface area contributed by atoms with E-state index in [9.17, 15) is 18.4 Å². The number of aromatic nitrogens is 1. The monoisotopic (exact) mass is 377 g/mol. The van der Waals surface area contributed by atoms with Gasteiger partial charge in [-0.15, -0.1) is 0 Å². The number of hydrogen-bond donors (Lipinski definition) is 2. The molecule has 0 unspecified atom stereocenters. The fourth-order valence-corrected chi connectivity index (χ4v) is 2.17. The standard InChI is InChI=1S/C19H21F2N3O3/c1-19(2,3)24-18(26)13-6-4-5-7-14(13)23-17(25)12-8-9-22-16(10-12)27-11-15(20)21/h4-10,15H,11H2,1-3H3,(H,23,25)(H,24,26). The highest BCUT2D eigenvalue weighted by atomic mass is 19.3. The first-order valence-corrected chi connectivity index (χ1v) is 8.25. The van der Waals surface area contributed by atoms with Gasteiger partial charge >= 0.3 is 0 Å². The van der Waals surface area contributed by atoms with E-state index in [1.54, 1.807) is 24.3 Å². The van der Waals surface area contributed by atoms with Gasteiger partial charge in [0.2, 0.25) is 5.88 Å². The van der Waals surface area contributed by atoms with Crippen LogP contribution in [0.5, 0.6) is 5.88 Å². The molecule has 0 aliphatic carbocycles. The molecule has 0 bridgehead atoms. The average molecular weight is 377 g/mol. The van der Waals surface area contributed by atoms with E-state index in [4.69, 9.17) is 4.74 Å². The van der Waals surface area contributed by atoms with Gasteiger partial charge in [-0.1, -0.05) is 12.1 Å². The smallest absolute Gasteiger partial charge is 0.272 e. The Morgan fingerprint density at radius 3 is 2.52 bits per heavy atom. The van der Waals surface area contributed by atoms with E-state index in [0.29, 0.717) is 11.3 Å². The maximum absolute atomic E-state index is 12.5. The molecule has 2 aromatic rings. The summed E-state index contributed by atoms with van der Waals surface area (Å²) in [6.45, 7) is 4.74. The number of hydrogen-bond acceptors (Lipinski definition) is 4. The summed E-state index contributed by atoms with van der Waals surface area (Å²) in [6.07, 6.45) is -1.36. The van der Waals surface area contributed by atoms with Crippen molar-refractivity contribution in [3.63, 3.8) is 0 Å². The molecule has 0 spiro atoms. The van der Waals surface area contributed by atoms with Gasteiger partial charge in [0.25, 0.3) is 18.2 Å². The van der Waals surface area contributed by atoms with Crippen molar-refractivity contribution in [2.24, 2.45) is 0 Å². The van der Waals surface area contributed by atoms with Gasteiger partial charge < -0.3 is 15.4 Å². The highest BCUT2D eigenvalue weighted by Crippen LogP contribution is 2.18. The predicted octanol–water partition coefficient (Wildman–Crippen LogP) is 3.51. The van der Waals surface area contributed by atoms with Gasteiger partial charge in [-0.25, -0.2) is 13.8 Å². The number of carbonyl (C=O) groups is 2. The van der Waals surface area contributed by atoms with E-state index in [0.717, 1.165) is 0 Å². The van der Waals surface area contributed by atoms with Crippen molar-refractivity contribution in [2.75, 3.05) is 11.9 Å². The normalized spacial score (nSPS) is 11.2. The molecular formula is C19H21F2N3O3. The summed E-state index contributed by atoms with van der Waals surface area (Å²) in [7, 11) is 0. The SMILES string of the molecule is CC(C)(C)NC(=O)c1ccccc1NC(=O)c1ccnc(OCC(F)F)c1. The van der Waals surface area contributed by atoms with E-state index in [2.05, 4.69) is 15.6 Å². The number of ether oxygens (including phenoxy) is 1. The highest BCUT2D eigenvalue weighted by Gasteiger charge is 2.19. The minimum atomic E-state index is -2.64. The lowest BCUT2D eigenvalue weighted by molar-refractivity contribution is 0.0795. The first-order valence-electron chi connectivity index (χ1n) is 8.25. The summed E-state index contributed by atoms with van der Waals surface area (Å²) < 4.78 is 29.3. The summed E-state index contributed by atoms with van der Waals surface area (Å²) in [5.41, 5.74) is 0.372. The molecular weight excluding hydrogens is 356 g/mol. The third kappa shape index (κ3) is 6.32. The molecule has 0 aliphatic rings. The molecule has 0 saturated heterocycles. The largest absolute Gasteiger partial charge is 0.472 e. The molecule has 144 valence electrons. The highest BCUT2D eigenvalue weighted by molar-refractivity contribution is 6.09. The minimum Gasteiger partial charge on any atom is -0.472 e. The van der Waals surface area contributed by atoms with Gasteiger partial charge in [0.15, 0.2) is 6.61 Å². The Labute approximate surface area is 155 Å². The van der Waals surface area contributed by atoms with Gasteiger partial charge in [-0.05, 0) is 39.0 Å². The van der Waals surface area contributed by atoms with Crippen LogP contribution in [0.3, 0.4) is 0 Å². The number of nitrogens with one attached hydrogen (secondary N) is 2. The lowest BCUT2D eigenvalue weighted by Gasteiger charge is -2.21. The number of halogens is 2. The van der Waals surface area contributed by atoms with E-state index in [1.165, 1.54) is 18.3 Å². The second kappa shape index (κ2) is 8.57. The van der Waals surface area contributed by atoms with Gasteiger partial charge in [-0.2, -0.15) is 0 Å². The molecule has 2 N–H and O–H groups in total. The fourth-order valence-electron chi connectivity index (χ4n) is 2.17. The van der Waals surface area contributed by atoms with Crippen LogP contribution in [0.1, 0.15) is 41.5 Å². The van der Waals surface area contributed by atoms with E-state index in [1.807, 2.05) is 20.8 Å². The molecule has 6 nitrogen and oxygen atoms in total. The Morgan fingerprint density at radius 1 is 1.15 bits per heavy atom. The van der Waals surface area contributed by atoms with Crippen LogP contribution in [0, 0.1) is 0 Å². The number of anilines is 1. The summed E-state index contributed by atoms with van der Waals surface area (Å²) in [4.78, 5) is 28.7. The summed E-state index contributed by atoms with van der Waals surface area (Å²) >= 11 is 0. The molecule has 1 heterocycles. The molecule has 1 aromatic carbocycles. The van der Waals surface area contributed by atoms with Gasteiger partial charge in [0, 0.05) is 23.4 Å². The Balaban J connectivity index is 2.17. The van der Waals surface area contributed by atoms with E-state index >= 15 is 0 Å². The third-order valence-corrected chi connectivity index (χ3v) is 3.26. The van der Waals surface area contributed by atoms with Crippen LogP contribution < -0.4 is 15.4 Å².